The summed E-state index contributed by atoms with van der Waals surface area (Å²) in [4.78, 5) is 15.6. The second-order valence-corrected chi connectivity index (χ2v) is 7.95. The fourth-order valence-electron chi connectivity index (χ4n) is 2.79. The van der Waals surface area contributed by atoms with Gasteiger partial charge in [-0.25, -0.2) is 17.6 Å². The number of hydrogen-bond donors (Lipinski definition) is 0. The molecule has 26 heavy (non-hydrogen) atoms. The third-order valence-corrected chi connectivity index (χ3v) is 6.11. The van der Waals surface area contributed by atoms with Crippen LogP contribution in [-0.2, 0) is 21.4 Å². The highest BCUT2D eigenvalue weighted by Gasteiger charge is 2.29. The molecule has 0 aliphatic carbocycles. The maximum atomic E-state index is 14.2. The Morgan fingerprint density at radius 1 is 1.19 bits per heavy atom. The van der Waals surface area contributed by atoms with E-state index in [0.29, 0.717) is 18.7 Å². The molecule has 2 heterocycles. The van der Waals surface area contributed by atoms with Crippen molar-refractivity contribution in [2.24, 2.45) is 0 Å². The number of rotatable bonds is 5. The fourth-order valence-corrected chi connectivity index (χ4v) is 4.40. The molecule has 1 aliphatic heterocycles. The third kappa shape index (κ3) is 4.08. The summed E-state index contributed by atoms with van der Waals surface area (Å²) >= 11 is 0. The van der Waals surface area contributed by atoms with Gasteiger partial charge in [0.1, 0.15) is 17.3 Å². The van der Waals surface area contributed by atoms with E-state index in [1.807, 2.05) is 0 Å². The number of piperidine rings is 1. The van der Waals surface area contributed by atoms with Crippen LogP contribution in [0.2, 0.25) is 0 Å². The highest BCUT2D eigenvalue weighted by molar-refractivity contribution is 7.89. The van der Waals surface area contributed by atoms with Crippen molar-refractivity contribution in [3.05, 3.63) is 59.7 Å². The lowest BCUT2D eigenvalue weighted by molar-refractivity contribution is 0.0472. The zero-order valence-electron chi connectivity index (χ0n) is 14.1. The van der Waals surface area contributed by atoms with Crippen LogP contribution in [0.5, 0.6) is 0 Å². The van der Waals surface area contributed by atoms with Crippen LogP contribution in [-0.4, -0.2) is 36.8 Å². The largest absolute Gasteiger partial charge is 0.457 e. The molecule has 3 rings (SSSR count). The summed E-state index contributed by atoms with van der Waals surface area (Å²) in [5.74, 6) is -1.59. The molecule has 0 atom stereocenters. The minimum Gasteiger partial charge on any atom is -0.457 e. The smallest absolute Gasteiger partial charge is 0.338 e. The summed E-state index contributed by atoms with van der Waals surface area (Å²) in [6, 6.07) is 6.71. The van der Waals surface area contributed by atoms with E-state index < -0.39 is 26.7 Å². The minimum absolute atomic E-state index is 0.00173. The van der Waals surface area contributed by atoms with Crippen molar-refractivity contribution in [2.75, 3.05) is 13.1 Å². The van der Waals surface area contributed by atoms with E-state index in [4.69, 9.17) is 4.74 Å². The van der Waals surface area contributed by atoms with Gasteiger partial charge in [0.25, 0.3) is 0 Å². The Kier molecular flexibility index (Phi) is 5.63. The van der Waals surface area contributed by atoms with Crippen LogP contribution in [0.15, 0.2) is 47.6 Å². The van der Waals surface area contributed by atoms with Gasteiger partial charge in [0, 0.05) is 31.0 Å². The number of ether oxygens (including phenoxy) is 1. The number of carbonyl (C=O) groups excluding carboxylic acids is 1. The van der Waals surface area contributed by atoms with Gasteiger partial charge in [0.2, 0.25) is 10.0 Å². The Labute approximate surface area is 151 Å². The van der Waals surface area contributed by atoms with E-state index in [1.165, 1.54) is 10.4 Å². The molecule has 8 heteroatoms. The standard InChI is InChI=1S/C18H19FN2O4S/c19-16-7-6-15(18(22)25-13-14-5-4-8-20-12-14)11-17(16)26(23,24)21-9-2-1-3-10-21/h4-8,11-12H,1-3,9-10,13H2. The van der Waals surface area contributed by atoms with Crippen LogP contribution in [0.3, 0.4) is 0 Å². The molecule has 2 aromatic rings. The number of carbonyl (C=O) groups is 1. The topological polar surface area (TPSA) is 76.6 Å². The van der Waals surface area contributed by atoms with Gasteiger partial charge < -0.3 is 4.74 Å². The SMILES string of the molecule is O=C(OCc1cccnc1)c1ccc(F)c(S(=O)(=O)N2CCCCC2)c1. The molecule has 6 nitrogen and oxygen atoms in total. The number of halogens is 1. The van der Waals surface area contributed by atoms with Crippen LogP contribution in [0.1, 0.15) is 35.2 Å². The number of sulfonamides is 1. The van der Waals surface area contributed by atoms with E-state index in [-0.39, 0.29) is 12.2 Å². The van der Waals surface area contributed by atoms with Crippen molar-refractivity contribution in [1.29, 1.82) is 0 Å². The van der Waals surface area contributed by atoms with E-state index >= 15 is 0 Å². The lowest BCUT2D eigenvalue weighted by atomic mass is 10.2. The van der Waals surface area contributed by atoms with Gasteiger partial charge in [-0.1, -0.05) is 12.5 Å². The summed E-state index contributed by atoms with van der Waals surface area (Å²) in [5, 5.41) is 0. The number of nitrogens with zero attached hydrogens (tertiary/aromatic N) is 2. The van der Waals surface area contributed by atoms with Crippen LogP contribution in [0.4, 0.5) is 4.39 Å². The predicted molar refractivity (Wildman–Crippen MR) is 92.4 cm³/mol. The van der Waals surface area contributed by atoms with Gasteiger partial charge in [0.05, 0.1) is 5.56 Å². The van der Waals surface area contributed by atoms with Gasteiger partial charge in [-0.2, -0.15) is 4.31 Å². The minimum atomic E-state index is -3.98. The van der Waals surface area contributed by atoms with Crippen molar-refractivity contribution in [1.82, 2.24) is 9.29 Å². The maximum absolute atomic E-state index is 14.2. The maximum Gasteiger partial charge on any atom is 0.338 e. The molecule has 0 bridgehead atoms. The molecule has 1 aromatic heterocycles. The lowest BCUT2D eigenvalue weighted by Gasteiger charge is -2.26. The molecule has 0 saturated carbocycles. The molecule has 1 saturated heterocycles. The van der Waals surface area contributed by atoms with Crippen molar-refractivity contribution in [2.45, 2.75) is 30.8 Å². The first-order valence-electron chi connectivity index (χ1n) is 8.34. The molecular weight excluding hydrogens is 359 g/mol. The van der Waals surface area contributed by atoms with Gasteiger partial charge in [-0.05, 0) is 37.1 Å². The Balaban J connectivity index is 1.79. The van der Waals surface area contributed by atoms with E-state index in [9.17, 15) is 17.6 Å². The molecule has 1 aromatic carbocycles. The van der Waals surface area contributed by atoms with Crippen molar-refractivity contribution < 1.29 is 22.3 Å². The summed E-state index contributed by atoms with van der Waals surface area (Å²) in [6.45, 7) is 0.715. The van der Waals surface area contributed by atoms with Gasteiger partial charge in [0.15, 0.2) is 0 Å². The molecule has 1 fully saturated rings. The van der Waals surface area contributed by atoms with Crippen molar-refractivity contribution in [3.8, 4) is 0 Å². The Morgan fingerprint density at radius 2 is 1.96 bits per heavy atom. The Morgan fingerprint density at radius 3 is 2.65 bits per heavy atom. The van der Waals surface area contributed by atoms with Crippen LogP contribution in [0.25, 0.3) is 0 Å². The second-order valence-electron chi connectivity index (χ2n) is 6.05. The van der Waals surface area contributed by atoms with Crippen LogP contribution in [0, 0.1) is 5.82 Å². The average Bonchev–Trinajstić information content (AvgIpc) is 2.68. The summed E-state index contributed by atoms with van der Waals surface area (Å²) in [5.41, 5.74) is 0.690. The first kappa shape index (κ1) is 18.5. The first-order chi connectivity index (χ1) is 12.5. The lowest BCUT2D eigenvalue weighted by Crippen LogP contribution is -2.36. The first-order valence-corrected chi connectivity index (χ1v) is 9.78. The average molecular weight is 378 g/mol. The van der Waals surface area contributed by atoms with Crippen molar-refractivity contribution >= 4 is 16.0 Å². The third-order valence-electron chi connectivity index (χ3n) is 4.19. The van der Waals surface area contributed by atoms with Gasteiger partial charge >= 0.3 is 5.97 Å². The molecular formula is C18H19FN2O4S. The number of hydrogen-bond acceptors (Lipinski definition) is 5. The highest BCUT2D eigenvalue weighted by Crippen LogP contribution is 2.24. The zero-order chi connectivity index (χ0) is 18.6. The normalized spacial score (nSPS) is 15.6. The van der Waals surface area contributed by atoms with E-state index in [2.05, 4.69) is 4.98 Å². The van der Waals surface area contributed by atoms with Crippen molar-refractivity contribution in [3.63, 3.8) is 0 Å². The molecule has 0 amide bonds. The summed E-state index contributed by atoms with van der Waals surface area (Å²) in [7, 11) is -3.98. The molecule has 0 radical (unpaired) electrons. The molecule has 138 valence electrons. The van der Waals surface area contributed by atoms with Gasteiger partial charge in [-0.15, -0.1) is 0 Å². The van der Waals surface area contributed by atoms with Crippen LogP contribution >= 0.6 is 0 Å². The summed E-state index contributed by atoms with van der Waals surface area (Å²) in [6.07, 6.45) is 5.60. The fraction of sp³-hybridized carbons (Fsp3) is 0.333. The zero-order valence-corrected chi connectivity index (χ0v) is 14.9. The molecule has 0 N–H and O–H groups in total. The van der Waals surface area contributed by atoms with Crippen LogP contribution < -0.4 is 0 Å². The van der Waals surface area contributed by atoms with E-state index in [0.717, 1.165) is 31.4 Å². The monoisotopic (exact) mass is 378 g/mol. The Bertz CT molecular complexity index is 881. The Hall–Kier alpha value is -2.32. The quantitative estimate of drug-likeness (QED) is 0.748. The molecule has 0 spiro atoms. The number of benzene rings is 1. The molecule has 1 aliphatic rings. The highest BCUT2D eigenvalue weighted by atomic mass is 32.2. The number of esters is 1. The number of aromatic nitrogens is 1. The van der Waals surface area contributed by atoms with Gasteiger partial charge in [-0.3, -0.25) is 4.98 Å². The molecule has 0 unspecified atom stereocenters. The van der Waals surface area contributed by atoms with E-state index in [1.54, 1.807) is 24.5 Å². The second kappa shape index (κ2) is 7.92. The number of pyridine rings is 1. The predicted octanol–water partition coefficient (Wildman–Crippen LogP) is 2.75. The summed E-state index contributed by atoms with van der Waals surface area (Å²) < 4.78 is 46.0.